The minimum atomic E-state index is -1.11. The number of pyridine rings is 1. The summed E-state index contributed by atoms with van der Waals surface area (Å²) in [4.78, 5) is 101. The molecule has 6 amide bonds. The molecule has 410 valence electrons. The number of hydrogen-bond acceptors (Lipinski definition) is 15. The number of benzene rings is 4. The van der Waals surface area contributed by atoms with Crippen LogP contribution in [0.25, 0.3) is 21.3 Å². The number of hydrogen-bond donors (Lipinski definition) is 3. The number of amides is 6. The first-order valence-electron chi connectivity index (χ1n) is 27.3. The Morgan fingerprint density at radius 1 is 0.785 bits per heavy atom. The zero-order valence-electron chi connectivity index (χ0n) is 44.0. The maximum atomic E-state index is 15.5. The number of rotatable bonds is 18. The maximum Gasteiger partial charge on any atom is 0.294 e. The number of piperidine rings is 1. The lowest BCUT2D eigenvalue weighted by Crippen LogP contribution is -2.54. The minimum absolute atomic E-state index is 0.00914. The second-order valence-electron chi connectivity index (χ2n) is 20.6. The summed E-state index contributed by atoms with van der Waals surface area (Å²) >= 11 is 1.43. The Kier molecular flexibility index (Phi) is 16.0. The normalized spacial score (nSPS) is 18.6. The lowest BCUT2D eigenvalue weighted by molar-refractivity contribution is -0.186. The predicted octanol–water partition coefficient (Wildman–Crippen LogP) is 8.36. The number of halogens is 1. The van der Waals surface area contributed by atoms with E-state index in [9.17, 15) is 28.8 Å². The van der Waals surface area contributed by atoms with Gasteiger partial charge in [0.25, 0.3) is 23.6 Å². The summed E-state index contributed by atoms with van der Waals surface area (Å²) in [6.07, 6.45) is 7.66. The van der Waals surface area contributed by atoms with Gasteiger partial charge >= 0.3 is 0 Å². The van der Waals surface area contributed by atoms with Crippen LogP contribution in [0.15, 0.2) is 84.9 Å². The van der Waals surface area contributed by atoms with Crippen LogP contribution in [0.3, 0.4) is 0 Å². The number of hydroxylamine groups is 1. The summed E-state index contributed by atoms with van der Waals surface area (Å²) in [7, 11) is 0. The molecular weight excluding hydrogens is 1030 g/mol. The summed E-state index contributed by atoms with van der Waals surface area (Å²) in [5.74, 6) is -2.56. The zero-order valence-corrected chi connectivity index (χ0v) is 44.8. The first-order chi connectivity index (χ1) is 38.5. The third-order valence-corrected chi connectivity index (χ3v) is 16.5. The lowest BCUT2D eigenvalue weighted by Gasteiger charge is -2.36. The molecule has 3 saturated heterocycles. The Balaban J connectivity index is 0.675. The fraction of sp³-hybridized carbons (Fsp3) is 0.390. The molecule has 18 nitrogen and oxygen atoms in total. The van der Waals surface area contributed by atoms with E-state index in [2.05, 4.69) is 37.0 Å². The monoisotopic (exact) mass is 1090 g/mol. The van der Waals surface area contributed by atoms with Crippen molar-refractivity contribution in [3.05, 3.63) is 130 Å². The van der Waals surface area contributed by atoms with E-state index in [1.165, 1.54) is 17.4 Å². The molecule has 0 spiro atoms. The molecule has 0 bridgehead atoms. The van der Waals surface area contributed by atoms with Crippen LogP contribution in [-0.4, -0.2) is 120 Å². The van der Waals surface area contributed by atoms with Gasteiger partial charge in [-0.1, -0.05) is 67.0 Å². The average molecular weight is 1090 g/mol. The molecule has 20 heteroatoms. The van der Waals surface area contributed by atoms with Crippen LogP contribution in [0, 0.1) is 12.7 Å². The van der Waals surface area contributed by atoms with E-state index in [1.807, 2.05) is 78.6 Å². The van der Waals surface area contributed by atoms with Crippen LogP contribution in [0.5, 0.6) is 5.75 Å². The molecule has 6 aromatic rings. The van der Waals surface area contributed by atoms with Gasteiger partial charge in [-0.2, -0.15) is 0 Å². The van der Waals surface area contributed by atoms with Crippen LogP contribution >= 0.6 is 11.3 Å². The number of imide groups is 2. The van der Waals surface area contributed by atoms with Crippen LogP contribution in [0.2, 0.25) is 0 Å². The Morgan fingerprint density at radius 3 is 2.39 bits per heavy atom. The van der Waals surface area contributed by atoms with Crippen molar-refractivity contribution in [2.24, 2.45) is 0 Å². The Hall–Kier alpha value is -7.65. The summed E-state index contributed by atoms with van der Waals surface area (Å²) in [5, 5.41) is 5.74. The van der Waals surface area contributed by atoms with Gasteiger partial charge in [-0.3, -0.25) is 49.2 Å². The van der Waals surface area contributed by atoms with Gasteiger partial charge in [-0.15, -0.1) is 0 Å². The summed E-state index contributed by atoms with van der Waals surface area (Å²) in [6.45, 7) is 7.57. The molecule has 0 aliphatic carbocycles. The number of para-hydroxylation sites is 1. The first kappa shape index (κ1) is 53.4. The van der Waals surface area contributed by atoms with E-state index in [0.29, 0.717) is 74.3 Å². The lowest BCUT2D eigenvalue weighted by atomic mass is 9.94. The maximum absolute atomic E-state index is 15.5. The number of carbonyl (C=O) groups is 6. The topological polar surface area (TPSA) is 205 Å². The second kappa shape index (κ2) is 23.8. The summed E-state index contributed by atoms with van der Waals surface area (Å²) in [6, 6.07) is 24.7. The highest BCUT2D eigenvalue weighted by Crippen LogP contribution is 2.37. The van der Waals surface area contributed by atoms with Crippen LogP contribution < -0.4 is 30.7 Å². The minimum Gasteiger partial charge on any atom is -0.493 e. The molecule has 2 aromatic heterocycles. The molecule has 5 aliphatic heterocycles. The molecule has 0 radical (unpaired) electrons. The molecule has 79 heavy (non-hydrogen) atoms. The third-order valence-electron chi connectivity index (χ3n) is 15.5. The number of carbonyl (C=O) groups excluding carboxylic acids is 6. The van der Waals surface area contributed by atoms with Crippen molar-refractivity contribution in [1.82, 2.24) is 30.6 Å². The fourth-order valence-corrected chi connectivity index (χ4v) is 12.1. The van der Waals surface area contributed by atoms with Crippen molar-refractivity contribution < 1.29 is 47.5 Å². The van der Waals surface area contributed by atoms with Crippen LogP contribution in [-0.2, 0) is 32.1 Å². The smallest absolute Gasteiger partial charge is 0.294 e. The average Bonchev–Trinajstić information content (AvgIpc) is 4.06. The number of nitrogens with one attached hydrogen (secondary N) is 3. The van der Waals surface area contributed by atoms with E-state index >= 15 is 4.39 Å². The van der Waals surface area contributed by atoms with Crippen molar-refractivity contribution in [2.45, 2.75) is 96.4 Å². The van der Waals surface area contributed by atoms with E-state index in [0.717, 1.165) is 114 Å². The number of fused-ring (bicyclic) bond motifs is 3. The van der Waals surface area contributed by atoms with Crippen molar-refractivity contribution in [3.63, 3.8) is 0 Å². The predicted molar refractivity (Wildman–Crippen MR) is 296 cm³/mol. The SMILES string of the molecule is Cc1c(OCCCCCCCN2CCN(c3cc4c(cc3F)C(=O)N(C3CCC(=O)NC3=O)C4=O)CC2)cccc1-c1ccc(N2CCc3cccc(C(=O)Nc4nc5ccccc5s4)c3C2)nc1C(=O)NOC1CCCCO1. The van der Waals surface area contributed by atoms with Crippen LogP contribution in [0.1, 0.15) is 122 Å². The van der Waals surface area contributed by atoms with Gasteiger partial charge in [0.15, 0.2) is 11.4 Å². The van der Waals surface area contributed by atoms with Gasteiger partial charge in [-0.05, 0) is 123 Å². The van der Waals surface area contributed by atoms with E-state index < -0.39 is 47.7 Å². The van der Waals surface area contributed by atoms with Crippen LogP contribution in [0.4, 0.5) is 21.0 Å². The number of aromatic nitrogens is 2. The first-order valence-corrected chi connectivity index (χ1v) is 28.2. The number of nitrogens with zero attached hydrogens (tertiary/aromatic N) is 6. The Labute approximate surface area is 460 Å². The molecule has 2 unspecified atom stereocenters. The van der Waals surface area contributed by atoms with Gasteiger partial charge in [-0.25, -0.2) is 24.7 Å². The van der Waals surface area contributed by atoms with E-state index in [1.54, 1.807) is 0 Å². The molecule has 3 fully saturated rings. The van der Waals surface area contributed by atoms with Gasteiger partial charge in [0.1, 0.15) is 29.1 Å². The highest BCUT2D eigenvalue weighted by atomic mass is 32.1. The molecule has 0 saturated carbocycles. The highest BCUT2D eigenvalue weighted by molar-refractivity contribution is 7.22. The van der Waals surface area contributed by atoms with Gasteiger partial charge in [0, 0.05) is 69.8 Å². The standard InChI is InChI=1S/C59H62FN9O9S/c1-36-38(14-12-17-48(36)76-31-9-4-2-3-8-25-66-27-29-67(30-28-66)47-34-42-41(33-44(47)60)57(74)69(58(42)75)46-21-23-51(70)63-55(46)72)39-20-22-50(62-53(39)56(73)65-78-52-19-7-10-32-77-52)68-26-24-37-13-11-15-40(43(37)35-68)54(71)64-59-61-45-16-5-6-18-49(45)79-59/h5-6,11-18,20,22,33-34,46,52H,2-4,7-10,19,21,23-32,35H2,1H3,(H,65,73)(H,61,64,71)(H,63,70,72). The Bertz CT molecular complexity index is 3310. The molecule has 7 heterocycles. The van der Waals surface area contributed by atoms with Crippen molar-refractivity contribution >= 4 is 73.6 Å². The quantitative estimate of drug-likeness (QED) is 0.0421. The third kappa shape index (κ3) is 11.6. The van der Waals surface area contributed by atoms with E-state index in [4.69, 9.17) is 19.3 Å². The summed E-state index contributed by atoms with van der Waals surface area (Å²) < 4.78 is 28.6. The molecule has 5 aliphatic rings. The molecule has 4 aromatic carbocycles. The molecule has 11 rings (SSSR count). The van der Waals surface area contributed by atoms with Gasteiger partial charge < -0.3 is 19.3 Å². The highest BCUT2D eigenvalue weighted by Gasteiger charge is 2.45. The number of ether oxygens (including phenoxy) is 2. The second-order valence-corrected chi connectivity index (χ2v) is 21.7. The van der Waals surface area contributed by atoms with E-state index in [-0.39, 0.29) is 41.3 Å². The fourth-order valence-electron chi connectivity index (χ4n) is 11.2. The molecule has 3 N–H and O–H groups in total. The largest absolute Gasteiger partial charge is 0.493 e. The summed E-state index contributed by atoms with van der Waals surface area (Å²) in [5.41, 5.74) is 8.75. The number of unbranched alkanes of at least 4 members (excludes halogenated alkanes) is 4. The number of anilines is 3. The number of thiazole rings is 1. The Morgan fingerprint density at radius 2 is 1.58 bits per heavy atom. The van der Waals surface area contributed by atoms with Crippen molar-refractivity contribution in [2.75, 3.05) is 67.6 Å². The number of piperazine rings is 1. The zero-order chi connectivity index (χ0) is 54.6. The molecular formula is C59H62FN9O9S. The molecule has 2 atom stereocenters. The van der Waals surface area contributed by atoms with Gasteiger partial charge in [0.2, 0.25) is 11.8 Å². The van der Waals surface area contributed by atoms with Crippen molar-refractivity contribution in [1.29, 1.82) is 0 Å². The van der Waals surface area contributed by atoms with Gasteiger partial charge in [0.05, 0.1) is 33.6 Å². The van der Waals surface area contributed by atoms with Crippen molar-refractivity contribution in [3.8, 4) is 16.9 Å².